The number of halogens is 1. The van der Waals surface area contributed by atoms with E-state index in [4.69, 9.17) is 0 Å². The van der Waals surface area contributed by atoms with Crippen LogP contribution in [-0.4, -0.2) is 70.1 Å². The number of hydrogen-bond donors (Lipinski definition) is 1. The Morgan fingerprint density at radius 3 is 2.58 bits per heavy atom. The smallest absolute Gasteiger partial charge is 0.213 e. The molecule has 140 valence electrons. The first-order chi connectivity index (χ1) is 10.9. The number of thiophene rings is 1. The molecular formula is C15H29IN4O2S2. The molecule has 0 fully saturated rings. The van der Waals surface area contributed by atoms with Crippen molar-refractivity contribution in [1.82, 2.24) is 14.5 Å². The fourth-order valence-corrected chi connectivity index (χ4v) is 3.63. The fraction of sp³-hybridized carbons (Fsp3) is 0.667. The molecular weight excluding hydrogens is 459 g/mol. The van der Waals surface area contributed by atoms with Gasteiger partial charge in [-0.3, -0.25) is 4.99 Å². The SMILES string of the molecule is CCS(=O)(=O)N(C)CCCNC(=NC)N(C)CCc1cccs1.I. The summed E-state index contributed by atoms with van der Waals surface area (Å²) in [5.41, 5.74) is 0. The Bertz CT molecular complexity index is 576. The van der Waals surface area contributed by atoms with Crippen molar-refractivity contribution in [2.24, 2.45) is 4.99 Å². The lowest BCUT2D eigenvalue weighted by Gasteiger charge is -2.22. The average Bonchev–Trinajstić information content (AvgIpc) is 3.05. The normalized spacial score (nSPS) is 12.1. The minimum atomic E-state index is -3.09. The first-order valence-electron chi connectivity index (χ1n) is 7.79. The second-order valence-electron chi connectivity index (χ2n) is 5.30. The summed E-state index contributed by atoms with van der Waals surface area (Å²) in [5.74, 6) is 0.979. The maximum Gasteiger partial charge on any atom is 0.213 e. The molecule has 0 atom stereocenters. The molecule has 6 nitrogen and oxygen atoms in total. The van der Waals surface area contributed by atoms with Crippen LogP contribution in [0.25, 0.3) is 0 Å². The van der Waals surface area contributed by atoms with Gasteiger partial charge in [-0.15, -0.1) is 35.3 Å². The minimum Gasteiger partial charge on any atom is -0.356 e. The molecule has 1 aromatic rings. The lowest BCUT2D eigenvalue weighted by Crippen LogP contribution is -2.41. The van der Waals surface area contributed by atoms with E-state index in [9.17, 15) is 8.42 Å². The Kier molecular flexibility index (Phi) is 11.8. The van der Waals surface area contributed by atoms with Crippen LogP contribution in [0.4, 0.5) is 0 Å². The number of nitrogens with one attached hydrogen (secondary N) is 1. The van der Waals surface area contributed by atoms with Crippen molar-refractivity contribution < 1.29 is 8.42 Å². The van der Waals surface area contributed by atoms with Crippen LogP contribution in [0, 0.1) is 0 Å². The van der Waals surface area contributed by atoms with Crippen molar-refractivity contribution in [2.45, 2.75) is 19.8 Å². The van der Waals surface area contributed by atoms with Gasteiger partial charge in [0.05, 0.1) is 5.75 Å². The maximum absolute atomic E-state index is 11.7. The Hall–Kier alpha value is -0.390. The third-order valence-corrected chi connectivity index (χ3v) is 6.42. The number of likely N-dealkylation sites (N-methyl/N-ethyl adjacent to an activating group) is 1. The predicted molar refractivity (Wildman–Crippen MR) is 114 cm³/mol. The second-order valence-corrected chi connectivity index (χ2v) is 8.70. The number of sulfonamides is 1. The Morgan fingerprint density at radius 2 is 2.04 bits per heavy atom. The Balaban J connectivity index is 0.00000529. The highest BCUT2D eigenvalue weighted by Gasteiger charge is 2.14. The molecule has 24 heavy (non-hydrogen) atoms. The van der Waals surface area contributed by atoms with Crippen molar-refractivity contribution in [2.75, 3.05) is 46.5 Å². The van der Waals surface area contributed by atoms with E-state index in [1.165, 1.54) is 9.18 Å². The zero-order valence-corrected chi connectivity index (χ0v) is 18.8. The maximum atomic E-state index is 11.7. The van der Waals surface area contributed by atoms with Crippen LogP contribution in [0.15, 0.2) is 22.5 Å². The summed E-state index contributed by atoms with van der Waals surface area (Å²) < 4.78 is 24.7. The molecule has 0 amide bonds. The predicted octanol–water partition coefficient (Wildman–Crippen LogP) is 2.09. The molecule has 1 rings (SSSR count). The van der Waals surface area contributed by atoms with E-state index in [2.05, 4.69) is 32.7 Å². The van der Waals surface area contributed by atoms with Crippen LogP contribution >= 0.6 is 35.3 Å². The molecule has 0 aliphatic rings. The van der Waals surface area contributed by atoms with Crippen LogP contribution in [0.1, 0.15) is 18.2 Å². The first-order valence-corrected chi connectivity index (χ1v) is 10.3. The van der Waals surface area contributed by atoms with Gasteiger partial charge in [0.15, 0.2) is 5.96 Å². The van der Waals surface area contributed by atoms with E-state index in [1.807, 2.05) is 7.05 Å². The molecule has 0 spiro atoms. The van der Waals surface area contributed by atoms with Gasteiger partial charge in [0, 0.05) is 45.7 Å². The van der Waals surface area contributed by atoms with E-state index < -0.39 is 10.0 Å². The molecule has 0 bridgehead atoms. The highest BCUT2D eigenvalue weighted by molar-refractivity contribution is 14.0. The topological polar surface area (TPSA) is 65.0 Å². The monoisotopic (exact) mass is 488 g/mol. The van der Waals surface area contributed by atoms with E-state index in [-0.39, 0.29) is 29.7 Å². The van der Waals surface area contributed by atoms with E-state index in [0.717, 1.165) is 25.3 Å². The molecule has 0 saturated heterocycles. The van der Waals surface area contributed by atoms with E-state index >= 15 is 0 Å². The molecule has 0 aromatic carbocycles. The number of guanidine groups is 1. The average molecular weight is 488 g/mol. The zero-order valence-electron chi connectivity index (χ0n) is 14.9. The van der Waals surface area contributed by atoms with Crippen molar-refractivity contribution >= 4 is 51.3 Å². The molecule has 0 aliphatic carbocycles. The summed E-state index contributed by atoms with van der Waals surface area (Å²) in [6.07, 6.45) is 1.74. The summed E-state index contributed by atoms with van der Waals surface area (Å²) >= 11 is 1.76. The van der Waals surface area contributed by atoms with Crippen LogP contribution < -0.4 is 5.32 Å². The Morgan fingerprint density at radius 1 is 1.33 bits per heavy atom. The van der Waals surface area contributed by atoms with Gasteiger partial charge in [-0.25, -0.2) is 12.7 Å². The van der Waals surface area contributed by atoms with Gasteiger partial charge >= 0.3 is 0 Å². The number of rotatable bonds is 9. The summed E-state index contributed by atoms with van der Waals surface area (Å²) in [4.78, 5) is 7.72. The summed E-state index contributed by atoms with van der Waals surface area (Å²) in [7, 11) is 2.31. The molecule has 1 aromatic heterocycles. The van der Waals surface area contributed by atoms with Crippen LogP contribution in [0.2, 0.25) is 0 Å². The van der Waals surface area contributed by atoms with E-state index in [0.29, 0.717) is 13.1 Å². The van der Waals surface area contributed by atoms with Crippen molar-refractivity contribution in [1.29, 1.82) is 0 Å². The lowest BCUT2D eigenvalue weighted by molar-refractivity contribution is 0.453. The molecule has 0 aliphatic heterocycles. The van der Waals surface area contributed by atoms with Gasteiger partial charge in [0.2, 0.25) is 10.0 Å². The number of hydrogen-bond acceptors (Lipinski definition) is 4. The summed E-state index contributed by atoms with van der Waals surface area (Å²) in [5, 5.41) is 5.37. The Labute approximate surface area is 167 Å². The van der Waals surface area contributed by atoms with Gasteiger partial charge in [-0.2, -0.15) is 0 Å². The molecule has 0 radical (unpaired) electrons. The van der Waals surface area contributed by atoms with Crippen molar-refractivity contribution in [3.8, 4) is 0 Å². The van der Waals surface area contributed by atoms with Crippen molar-refractivity contribution in [3.63, 3.8) is 0 Å². The van der Waals surface area contributed by atoms with E-state index in [1.54, 1.807) is 32.4 Å². The number of nitrogens with zero attached hydrogens (tertiary/aromatic N) is 3. The second kappa shape index (κ2) is 12.0. The molecule has 1 N–H and O–H groups in total. The highest BCUT2D eigenvalue weighted by atomic mass is 127. The van der Waals surface area contributed by atoms with Crippen LogP contribution in [0.5, 0.6) is 0 Å². The van der Waals surface area contributed by atoms with Gasteiger partial charge in [-0.1, -0.05) is 6.07 Å². The highest BCUT2D eigenvalue weighted by Crippen LogP contribution is 2.09. The molecule has 9 heteroatoms. The number of aliphatic imine (C=N–C) groups is 1. The first kappa shape index (κ1) is 23.6. The quantitative estimate of drug-likeness (QED) is 0.250. The lowest BCUT2D eigenvalue weighted by atomic mass is 10.3. The third kappa shape index (κ3) is 8.13. The van der Waals surface area contributed by atoms with Gasteiger partial charge < -0.3 is 10.2 Å². The summed E-state index contributed by atoms with van der Waals surface area (Å²) in [6, 6.07) is 4.20. The fourth-order valence-electron chi connectivity index (χ4n) is 2.08. The standard InChI is InChI=1S/C15H28N4O2S2.HI/c1-5-23(20,21)19(4)11-7-10-17-15(16-2)18(3)12-9-14-8-6-13-22-14;/h6,8,13H,5,7,9-12H2,1-4H3,(H,16,17);1H. The molecule has 1 heterocycles. The largest absolute Gasteiger partial charge is 0.356 e. The van der Waals surface area contributed by atoms with Crippen LogP contribution in [-0.2, 0) is 16.4 Å². The van der Waals surface area contributed by atoms with Gasteiger partial charge in [-0.05, 0) is 31.2 Å². The van der Waals surface area contributed by atoms with Gasteiger partial charge in [0.1, 0.15) is 0 Å². The van der Waals surface area contributed by atoms with Crippen LogP contribution in [0.3, 0.4) is 0 Å². The zero-order chi connectivity index (χ0) is 17.3. The van der Waals surface area contributed by atoms with Crippen molar-refractivity contribution in [3.05, 3.63) is 22.4 Å². The molecule has 0 unspecified atom stereocenters. The van der Waals surface area contributed by atoms with Gasteiger partial charge in [0.25, 0.3) is 0 Å². The molecule has 0 saturated carbocycles. The summed E-state index contributed by atoms with van der Waals surface area (Å²) in [6.45, 7) is 3.76. The third-order valence-electron chi connectivity index (χ3n) is 3.62. The minimum absolute atomic E-state index is 0.